The van der Waals surface area contributed by atoms with Crippen LogP contribution < -0.4 is 15.5 Å². The van der Waals surface area contributed by atoms with Crippen LogP contribution in [0.2, 0.25) is 0 Å². The van der Waals surface area contributed by atoms with Crippen molar-refractivity contribution in [2.75, 3.05) is 43.1 Å². The lowest BCUT2D eigenvalue weighted by atomic mass is 9.90. The number of amides is 3. The van der Waals surface area contributed by atoms with Crippen LogP contribution in [-0.2, 0) is 11.3 Å². The van der Waals surface area contributed by atoms with E-state index in [1.807, 2.05) is 31.2 Å². The molecule has 1 aromatic heterocycles. The van der Waals surface area contributed by atoms with E-state index in [1.54, 1.807) is 0 Å². The summed E-state index contributed by atoms with van der Waals surface area (Å²) in [6, 6.07) is 7.24. The van der Waals surface area contributed by atoms with E-state index in [2.05, 4.69) is 29.4 Å². The molecule has 1 unspecified atom stereocenters. The van der Waals surface area contributed by atoms with E-state index in [1.165, 1.54) is 4.90 Å². The zero-order valence-corrected chi connectivity index (χ0v) is 19.9. The Balaban J connectivity index is 1.75. The summed E-state index contributed by atoms with van der Waals surface area (Å²) >= 11 is 0. The van der Waals surface area contributed by atoms with Gasteiger partial charge in [0.2, 0.25) is 0 Å². The summed E-state index contributed by atoms with van der Waals surface area (Å²) in [7, 11) is 0. The molecule has 10 nitrogen and oxygen atoms in total. The molecule has 10 heteroatoms. The molecule has 1 aromatic carbocycles. The third kappa shape index (κ3) is 4.91. The van der Waals surface area contributed by atoms with Crippen molar-refractivity contribution < 1.29 is 19.4 Å². The Bertz CT molecular complexity index is 1040. The average Bonchev–Trinajstić information content (AvgIpc) is 2.83. The van der Waals surface area contributed by atoms with Gasteiger partial charge in [-0.05, 0) is 44.5 Å². The molecule has 0 bridgehead atoms. The van der Waals surface area contributed by atoms with E-state index in [0.717, 1.165) is 35.6 Å². The number of carboxylic acid groups (broad SMARTS) is 1. The maximum absolute atomic E-state index is 11.8. The fourth-order valence-electron chi connectivity index (χ4n) is 4.55. The highest BCUT2D eigenvalue weighted by atomic mass is 16.5. The molecule has 2 aliphatic heterocycles. The Morgan fingerprint density at radius 3 is 2.62 bits per heavy atom. The number of urea groups is 1. The van der Waals surface area contributed by atoms with Gasteiger partial charge in [-0.2, -0.15) is 0 Å². The third-order valence-corrected chi connectivity index (χ3v) is 6.34. The number of rotatable bonds is 5. The van der Waals surface area contributed by atoms with Crippen LogP contribution in [-0.4, -0.2) is 71.0 Å². The van der Waals surface area contributed by atoms with E-state index in [-0.39, 0.29) is 24.5 Å². The highest BCUT2D eigenvalue weighted by Crippen LogP contribution is 2.38. The van der Waals surface area contributed by atoms with Gasteiger partial charge in [0.25, 0.3) is 0 Å². The van der Waals surface area contributed by atoms with E-state index >= 15 is 0 Å². The van der Waals surface area contributed by atoms with Gasteiger partial charge in [0, 0.05) is 42.4 Å². The lowest BCUT2D eigenvalue weighted by Gasteiger charge is -2.39. The van der Waals surface area contributed by atoms with E-state index < -0.39 is 6.09 Å². The summed E-state index contributed by atoms with van der Waals surface area (Å²) in [5.41, 5.74) is 3.26. The number of aromatic nitrogens is 2. The van der Waals surface area contributed by atoms with Crippen molar-refractivity contribution in [1.82, 2.24) is 20.2 Å². The van der Waals surface area contributed by atoms with Gasteiger partial charge in [0.1, 0.15) is 5.82 Å². The van der Waals surface area contributed by atoms with Crippen LogP contribution in [0.1, 0.15) is 44.4 Å². The minimum atomic E-state index is -0.939. The molecule has 4 rings (SSSR count). The Morgan fingerprint density at radius 2 is 1.97 bits per heavy atom. The van der Waals surface area contributed by atoms with Crippen LogP contribution in [0.4, 0.5) is 21.1 Å². The van der Waals surface area contributed by atoms with Crippen LogP contribution >= 0.6 is 0 Å². The first kappa shape index (κ1) is 23.7. The van der Waals surface area contributed by atoms with Gasteiger partial charge < -0.3 is 30.3 Å². The first-order chi connectivity index (χ1) is 16.4. The van der Waals surface area contributed by atoms with Gasteiger partial charge in [0.05, 0.1) is 31.5 Å². The van der Waals surface area contributed by atoms with Crippen LogP contribution in [0.25, 0.3) is 11.4 Å². The molecule has 2 aliphatic rings. The molecule has 0 radical (unpaired) electrons. The average molecular weight is 469 g/mol. The van der Waals surface area contributed by atoms with Crippen molar-refractivity contribution in [3.8, 4) is 11.4 Å². The second-order valence-corrected chi connectivity index (χ2v) is 8.68. The first-order valence-electron chi connectivity index (χ1n) is 11.8. The molecule has 3 N–H and O–H groups in total. The van der Waals surface area contributed by atoms with Crippen LogP contribution in [0.15, 0.2) is 24.3 Å². The molecular weight excluding hydrogens is 436 g/mol. The molecule has 3 heterocycles. The third-order valence-electron chi connectivity index (χ3n) is 6.34. The minimum absolute atomic E-state index is 0.0302. The largest absolute Gasteiger partial charge is 0.465 e. The summed E-state index contributed by atoms with van der Waals surface area (Å²) in [5, 5.41) is 15.2. The molecule has 1 fully saturated rings. The number of morpholine rings is 1. The number of ether oxygens (including phenoxy) is 1. The van der Waals surface area contributed by atoms with Crippen LogP contribution in [0.3, 0.4) is 0 Å². The van der Waals surface area contributed by atoms with E-state index in [4.69, 9.17) is 14.7 Å². The number of hydrogen-bond acceptors (Lipinski definition) is 6. The summed E-state index contributed by atoms with van der Waals surface area (Å²) in [4.78, 5) is 37.2. The fourth-order valence-corrected chi connectivity index (χ4v) is 4.55. The molecule has 0 spiro atoms. The van der Waals surface area contributed by atoms with Crippen molar-refractivity contribution in [3.05, 3.63) is 35.5 Å². The van der Waals surface area contributed by atoms with Crippen molar-refractivity contribution in [2.24, 2.45) is 0 Å². The first-order valence-corrected chi connectivity index (χ1v) is 11.8. The predicted molar refractivity (Wildman–Crippen MR) is 129 cm³/mol. The second kappa shape index (κ2) is 10.3. The van der Waals surface area contributed by atoms with E-state index in [0.29, 0.717) is 37.8 Å². The zero-order chi connectivity index (χ0) is 24.2. The summed E-state index contributed by atoms with van der Waals surface area (Å²) in [5.74, 6) is 1.44. The summed E-state index contributed by atoms with van der Waals surface area (Å²) < 4.78 is 5.65. The topological polar surface area (TPSA) is 120 Å². The number of nitrogens with zero attached hydrogens (tertiary/aromatic N) is 4. The Kier molecular flexibility index (Phi) is 7.16. The number of fused-ring (bicyclic) bond motifs is 1. The standard InChI is InChI=1S/C24H32N6O4/c1-4-16-12-29(24(32)33)13-19-20(16)22(30-10-11-34-14-15(30)3)28-21(27-19)17-6-8-18(9-7-17)26-23(31)25-5-2/h6-9,15-16H,4-5,10-14H2,1-3H3,(H,32,33)(H2,25,26,31)/t15?,16-/m1/s1. The lowest BCUT2D eigenvalue weighted by molar-refractivity contribution is 0.0981. The maximum atomic E-state index is 11.8. The summed E-state index contributed by atoms with van der Waals surface area (Å²) in [6.07, 6.45) is -0.142. The molecule has 182 valence electrons. The number of carbonyl (C=O) groups is 2. The lowest BCUT2D eigenvalue weighted by Crippen LogP contribution is -2.46. The van der Waals surface area contributed by atoms with Gasteiger partial charge in [0.15, 0.2) is 5.82 Å². The summed E-state index contributed by atoms with van der Waals surface area (Å²) in [6.45, 7) is 9.22. The monoisotopic (exact) mass is 468 g/mol. The van der Waals surface area contributed by atoms with Crippen molar-refractivity contribution in [3.63, 3.8) is 0 Å². The van der Waals surface area contributed by atoms with Gasteiger partial charge in [-0.25, -0.2) is 19.6 Å². The maximum Gasteiger partial charge on any atom is 0.407 e. The Labute approximate surface area is 199 Å². The van der Waals surface area contributed by atoms with E-state index in [9.17, 15) is 14.7 Å². The minimum Gasteiger partial charge on any atom is -0.465 e. The number of anilines is 2. The Hall–Kier alpha value is -3.40. The SMILES string of the molecule is CCNC(=O)Nc1ccc(-c2nc3c(c(N4CCOCC4C)n2)[C@H](CC)CN(C(=O)O)C3)cc1. The molecule has 2 aromatic rings. The number of carbonyl (C=O) groups excluding carboxylic acids is 1. The van der Waals surface area contributed by atoms with Crippen molar-refractivity contribution in [2.45, 2.75) is 45.7 Å². The molecular formula is C24H32N6O4. The predicted octanol–water partition coefficient (Wildman–Crippen LogP) is 3.50. The molecule has 34 heavy (non-hydrogen) atoms. The van der Waals surface area contributed by atoms with Gasteiger partial charge in [-0.15, -0.1) is 0 Å². The Morgan fingerprint density at radius 1 is 1.21 bits per heavy atom. The number of benzene rings is 1. The molecule has 1 saturated heterocycles. The van der Waals surface area contributed by atoms with Gasteiger partial charge in [-0.3, -0.25) is 0 Å². The molecule has 3 amide bonds. The van der Waals surface area contributed by atoms with Gasteiger partial charge >= 0.3 is 12.1 Å². The molecule has 0 saturated carbocycles. The van der Waals surface area contributed by atoms with Crippen LogP contribution in [0, 0.1) is 0 Å². The smallest absolute Gasteiger partial charge is 0.407 e. The fraction of sp³-hybridized carbons (Fsp3) is 0.500. The molecule has 0 aliphatic carbocycles. The normalized spacial score (nSPS) is 20.0. The zero-order valence-electron chi connectivity index (χ0n) is 19.9. The highest BCUT2D eigenvalue weighted by Gasteiger charge is 2.35. The second-order valence-electron chi connectivity index (χ2n) is 8.68. The van der Waals surface area contributed by atoms with Crippen LogP contribution in [0.5, 0.6) is 0 Å². The quantitative estimate of drug-likeness (QED) is 0.614. The highest BCUT2D eigenvalue weighted by molar-refractivity contribution is 5.89. The number of hydrogen-bond donors (Lipinski definition) is 3. The van der Waals surface area contributed by atoms with Crippen molar-refractivity contribution >= 4 is 23.6 Å². The molecule has 2 atom stereocenters. The number of nitrogens with one attached hydrogen (secondary N) is 2. The van der Waals surface area contributed by atoms with Gasteiger partial charge in [-0.1, -0.05) is 6.92 Å². The van der Waals surface area contributed by atoms with Crippen molar-refractivity contribution in [1.29, 1.82) is 0 Å².